The summed E-state index contributed by atoms with van der Waals surface area (Å²) in [7, 11) is 3.41. The molecule has 0 spiro atoms. The van der Waals surface area contributed by atoms with Crippen molar-refractivity contribution in [2.24, 2.45) is 7.05 Å². The lowest BCUT2D eigenvalue weighted by molar-refractivity contribution is 0.102. The minimum Gasteiger partial charge on any atom is -0.481 e. The number of amides is 1. The van der Waals surface area contributed by atoms with E-state index in [1.807, 2.05) is 19.2 Å². The van der Waals surface area contributed by atoms with E-state index in [1.165, 1.54) is 25.6 Å². The highest BCUT2D eigenvalue weighted by Crippen LogP contribution is 2.26. The molecule has 0 aliphatic carbocycles. The number of ether oxygens (including phenoxy) is 1. The number of carbonyl (C=O) groups excluding carboxylic acids is 1. The molecule has 8 heteroatoms. The summed E-state index contributed by atoms with van der Waals surface area (Å²) in [4.78, 5) is 23.4. The van der Waals surface area contributed by atoms with E-state index in [0.29, 0.717) is 22.8 Å². The molecule has 140 valence electrons. The zero-order chi connectivity index (χ0) is 18.8. The summed E-state index contributed by atoms with van der Waals surface area (Å²) < 4.78 is 7.00. The molecule has 1 N–H and O–H groups in total. The number of carbonyl (C=O) groups is 1. The summed E-state index contributed by atoms with van der Waals surface area (Å²) in [6, 6.07) is 7.18. The van der Waals surface area contributed by atoms with E-state index in [4.69, 9.17) is 4.74 Å². The Balaban J connectivity index is 1.54. The van der Waals surface area contributed by atoms with Crippen molar-refractivity contribution in [1.29, 1.82) is 0 Å². The smallest absolute Gasteiger partial charge is 0.256 e. The van der Waals surface area contributed by atoms with Crippen molar-refractivity contribution in [3.05, 3.63) is 36.2 Å². The third-order valence-corrected chi connectivity index (χ3v) is 4.81. The second kappa shape index (κ2) is 7.22. The van der Waals surface area contributed by atoms with Gasteiger partial charge in [-0.25, -0.2) is 14.6 Å². The van der Waals surface area contributed by atoms with E-state index in [-0.39, 0.29) is 5.91 Å². The number of hydrogen-bond donors (Lipinski definition) is 1. The summed E-state index contributed by atoms with van der Waals surface area (Å²) in [6.45, 7) is 1.98. The molecule has 1 aliphatic rings. The Labute approximate surface area is 157 Å². The summed E-state index contributed by atoms with van der Waals surface area (Å²) in [5.74, 6) is 1.78. The van der Waals surface area contributed by atoms with Gasteiger partial charge in [-0.3, -0.25) is 4.79 Å². The number of anilines is 2. The molecule has 1 aromatic carbocycles. The van der Waals surface area contributed by atoms with Gasteiger partial charge in [0.2, 0.25) is 5.88 Å². The minimum absolute atomic E-state index is 0.232. The van der Waals surface area contributed by atoms with Gasteiger partial charge in [-0.05, 0) is 37.5 Å². The van der Waals surface area contributed by atoms with Crippen LogP contribution in [0.3, 0.4) is 0 Å². The van der Waals surface area contributed by atoms with Gasteiger partial charge in [0.05, 0.1) is 18.0 Å². The maximum Gasteiger partial charge on any atom is 0.256 e. The highest BCUT2D eigenvalue weighted by Gasteiger charge is 2.15. The molecule has 3 aromatic rings. The van der Waals surface area contributed by atoms with Crippen molar-refractivity contribution < 1.29 is 9.53 Å². The Morgan fingerprint density at radius 2 is 1.96 bits per heavy atom. The van der Waals surface area contributed by atoms with Crippen LogP contribution >= 0.6 is 0 Å². The molecular weight excluding hydrogens is 344 g/mol. The molecule has 0 radical (unpaired) electrons. The Bertz CT molecular complexity index is 977. The zero-order valence-electron chi connectivity index (χ0n) is 15.5. The molecule has 0 atom stereocenters. The normalized spacial score (nSPS) is 14.4. The lowest BCUT2D eigenvalue weighted by Crippen LogP contribution is -2.30. The quantitative estimate of drug-likeness (QED) is 0.764. The summed E-state index contributed by atoms with van der Waals surface area (Å²) >= 11 is 0. The van der Waals surface area contributed by atoms with E-state index in [0.717, 1.165) is 24.3 Å². The fraction of sp³-hybridized carbons (Fsp3) is 0.368. The van der Waals surface area contributed by atoms with Gasteiger partial charge in [0.1, 0.15) is 18.0 Å². The van der Waals surface area contributed by atoms with Crippen LogP contribution in [0.4, 0.5) is 11.6 Å². The molecule has 1 saturated heterocycles. The van der Waals surface area contributed by atoms with Gasteiger partial charge in [-0.15, -0.1) is 0 Å². The number of rotatable bonds is 4. The predicted octanol–water partition coefficient (Wildman–Crippen LogP) is 2.61. The van der Waals surface area contributed by atoms with E-state index >= 15 is 0 Å². The van der Waals surface area contributed by atoms with Crippen molar-refractivity contribution in [1.82, 2.24) is 19.7 Å². The zero-order valence-corrected chi connectivity index (χ0v) is 15.5. The van der Waals surface area contributed by atoms with E-state index in [1.54, 1.807) is 23.9 Å². The van der Waals surface area contributed by atoms with Crippen LogP contribution in [-0.2, 0) is 7.05 Å². The number of fused-ring (bicyclic) bond motifs is 1. The van der Waals surface area contributed by atoms with Gasteiger partial charge in [0.15, 0.2) is 0 Å². The highest BCUT2D eigenvalue weighted by atomic mass is 16.5. The monoisotopic (exact) mass is 366 g/mol. The molecular formula is C19H22N6O2. The van der Waals surface area contributed by atoms with Crippen molar-refractivity contribution in [3.63, 3.8) is 0 Å². The first kappa shape index (κ1) is 17.3. The summed E-state index contributed by atoms with van der Waals surface area (Å²) in [5.41, 5.74) is 1.22. The maximum atomic E-state index is 12.7. The number of aryl methyl sites for hydroxylation is 1. The van der Waals surface area contributed by atoms with Crippen LogP contribution in [0.1, 0.15) is 29.6 Å². The van der Waals surface area contributed by atoms with Crippen LogP contribution in [0.15, 0.2) is 30.6 Å². The number of benzene rings is 1. The average Bonchev–Trinajstić information content (AvgIpc) is 3.02. The Hall–Kier alpha value is -3.16. The summed E-state index contributed by atoms with van der Waals surface area (Å²) in [5, 5.41) is 8.11. The van der Waals surface area contributed by atoms with Crippen LogP contribution < -0.4 is 15.0 Å². The number of aromatic nitrogens is 4. The first-order chi connectivity index (χ1) is 13.2. The third-order valence-electron chi connectivity index (χ3n) is 4.81. The fourth-order valence-electron chi connectivity index (χ4n) is 3.46. The number of nitrogens with one attached hydrogen (secondary N) is 1. The maximum absolute atomic E-state index is 12.7. The SMILES string of the molecule is COc1c2ccc(C(=O)Nc3cc(N4CCCCC4)ncn3)cc2nn1C. The van der Waals surface area contributed by atoms with Crippen LogP contribution in [0.5, 0.6) is 5.88 Å². The lowest BCUT2D eigenvalue weighted by Gasteiger charge is -2.27. The molecule has 4 rings (SSSR count). The number of nitrogens with zero attached hydrogens (tertiary/aromatic N) is 5. The number of hydrogen-bond acceptors (Lipinski definition) is 6. The lowest BCUT2D eigenvalue weighted by atomic mass is 10.1. The number of methoxy groups -OCH3 is 1. The van der Waals surface area contributed by atoms with Gasteiger partial charge in [0.25, 0.3) is 5.91 Å². The molecule has 8 nitrogen and oxygen atoms in total. The first-order valence-corrected chi connectivity index (χ1v) is 9.05. The fourth-order valence-corrected chi connectivity index (χ4v) is 3.46. The van der Waals surface area contributed by atoms with Crippen molar-refractivity contribution in [2.75, 3.05) is 30.4 Å². The molecule has 1 fully saturated rings. The molecule has 3 heterocycles. The van der Waals surface area contributed by atoms with Gasteiger partial charge in [-0.1, -0.05) is 0 Å². The summed E-state index contributed by atoms with van der Waals surface area (Å²) in [6.07, 6.45) is 5.08. The van der Waals surface area contributed by atoms with Crippen LogP contribution in [0.25, 0.3) is 10.9 Å². The van der Waals surface area contributed by atoms with Crippen LogP contribution in [0.2, 0.25) is 0 Å². The standard InChI is InChI=1S/C19H22N6O2/c1-24-19(27-2)14-7-6-13(10-15(14)23-24)18(26)22-16-11-17(21-12-20-16)25-8-4-3-5-9-25/h6-7,10-12H,3-5,8-9H2,1-2H3,(H,20,21,22,26). The van der Waals surface area contributed by atoms with Gasteiger partial charge in [-0.2, -0.15) is 5.10 Å². The van der Waals surface area contributed by atoms with Crippen molar-refractivity contribution in [2.45, 2.75) is 19.3 Å². The van der Waals surface area contributed by atoms with Gasteiger partial charge in [0, 0.05) is 31.8 Å². The second-order valence-corrected chi connectivity index (χ2v) is 6.63. The van der Waals surface area contributed by atoms with Crippen LogP contribution in [-0.4, -0.2) is 45.9 Å². The van der Waals surface area contributed by atoms with Gasteiger partial charge >= 0.3 is 0 Å². The Kier molecular flexibility index (Phi) is 4.62. The molecule has 0 unspecified atom stereocenters. The first-order valence-electron chi connectivity index (χ1n) is 9.05. The molecule has 27 heavy (non-hydrogen) atoms. The van der Waals surface area contributed by atoms with E-state index in [9.17, 15) is 4.79 Å². The van der Waals surface area contributed by atoms with Crippen molar-refractivity contribution in [3.8, 4) is 5.88 Å². The van der Waals surface area contributed by atoms with Gasteiger partial charge < -0.3 is 15.0 Å². The highest BCUT2D eigenvalue weighted by molar-refractivity contribution is 6.06. The topological polar surface area (TPSA) is 85.2 Å². The largest absolute Gasteiger partial charge is 0.481 e. The predicted molar refractivity (Wildman–Crippen MR) is 103 cm³/mol. The van der Waals surface area contributed by atoms with Crippen molar-refractivity contribution >= 4 is 28.4 Å². The molecule has 2 aromatic heterocycles. The average molecular weight is 366 g/mol. The van der Waals surface area contributed by atoms with Crippen LogP contribution in [0, 0.1) is 0 Å². The minimum atomic E-state index is -0.232. The van der Waals surface area contributed by atoms with E-state index < -0.39 is 0 Å². The molecule has 1 aliphatic heterocycles. The third kappa shape index (κ3) is 3.42. The second-order valence-electron chi connectivity index (χ2n) is 6.63. The van der Waals surface area contributed by atoms with E-state index in [2.05, 4.69) is 25.3 Å². The molecule has 1 amide bonds. The molecule has 0 bridgehead atoms. The number of piperidine rings is 1. The Morgan fingerprint density at radius 3 is 2.74 bits per heavy atom. The molecule has 0 saturated carbocycles. The Morgan fingerprint density at radius 1 is 1.15 bits per heavy atom.